The Balaban J connectivity index is 2.46. The van der Waals surface area contributed by atoms with E-state index in [0.29, 0.717) is 6.04 Å². The van der Waals surface area contributed by atoms with Gasteiger partial charge in [0.2, 0.25) is 0 Å². The maximum absolute atomic E-state index is 5.13. The van der Waals surface area contributed by atoms with E-state index in [1.165, 1.54) is 12.8 Å². The molecule has 0 radical (unpaired) electrons. The van der Waals surface area contributed by atoms with Crippen molar-refractivity contribution in [2.45, 2.75) is 32.7 Å². The zero-order valence-electron chi connectivity index (χ0n) is 8.21. The molecule has 0 spiro atoms. The lowest BCUT2D eigenvalue weighted by atomic mass is 10.2. The van der Waals surface area contributed by atoms with E-state index < -0.39 is 0 Å². The Morgan fingerprint density at radius 1 is 1.58 bits per heavy atom. The summed E-state index contributed by atoms with van der Waals surface area (Å²) >= 11 is 0. The normalized spacial score (nSPS) is 22.9. The average Bonchev–Trinajstić information content (AvgIpc) is 2.37. The summed E-state index contributed by atoms with van der Waals surface area (Å²) in [6.45, 7) is 5.94. The van der Waals surface area contributed by atoms with Gasteiger partial charge in [0, 0.05) is 19.4 Å². The quantitative estimate of drug-likeness (QED) is 0.599. The van der Waals surface area contributed by atoms with E-state index in [0.717, 1.165) is 18.9 Å². The summed E-state index contributed by atoms with van der Waals surface area (Å²) in [6.07, 6.45) is 2.45. The zero-order chi connectivity index (χ0) is 8.97. The number of rotatable bonds is 3. The van der Waals surface area contributed by atoms with Crippen LogP contribution in [0.4, 0.5) is 0 Å². The molecule has 0 aromatic carbocycles. The average molecular weight is 170 g/mol. The Hall–Kier alpha value is -0.570. The zero-order valence-corrected chi connectivity index (χ0v) is 8.21. The number of ether oxygens (including phenoxy) is 1. The largest absolute Gasteiger partial charge is 0.382 e. The molecule has 3 heteroatoms. The smallest absolute Gasteiger partial charge is 0.0704 e. The first-order chi connectivity index (χ1) is 5.74. The summed E-state index contributed by atoms with van der Waals surface area (Å²) in [7, 11) is 1.75. The van der Waals surface area contributed by atoms with Crippen LogP contribution in [0.5, 0.6) is 0 Å². The summed E-state index contributed by atoms with van der Waals surface area (Å²) in [5.74, 6) is 0. The first-order valence-corrected chi connectivity index (χ1v) is 4.51. The van der Waals surface area contributed by atoms with Crippen LogP contribution in [0.15, 0.2) is 5.10 Å². The van der Waals surface area contributed by atoms with Crippen molar-refractivity contribution in [3.63, 3.8) is 0 Å². The molecule has 0 aliphatic carbocycles. The first-order valence-electron chi connectivity index (χ1n) is 4.51. The van der Waals surface area contributed by atoms with Crippen LogP contribution in [-0.4, -0.2) is 37.0 Å². The van der Waals surface area contributed by atoms with Gasteiger partial charge >= 0.3 is 0 Å². The van der Waals surface area contributed by atoms with Gasteiger partial charge in [-0.1, -0.05) is 0 Å². The van der Waals surface area contributed by atoms with Crippen LogP contribution in [0.3, 0.4) is 0 Å². The minimum atomic E-state index is 0.505. The van der Waals surface area contributed by atoms with Crippen molar-refractivity contribution in [2.75, 3.05) is 20.3 Å². The lowest BCUT2D eigenvalue weighted by molar-refractivity contribution is 0.118. The lowest BCUT2D eigenvalue weighted by Gasteiger charge is -2.20. The fourth-order valence-electron chi connectivity index (χ4n) is 1.57. The Morgan fingerprint density at radius 3 is 2.92 bits per heavy atom. The number of hydrogen-bond donors (Lipinski definition) is 0. The summed E-state index contributed by atoms with van der Waals surface area (Å²) in [5.41, 5.74) is 1.12. The third kappa shape index (κ3) is 2.48. The van der Waals surface area contributed by atoms with Crippen LogP contribution >= 0.6 is 0 Å². The van der Waals surface area contributed by atoms with Crippen LogP contribution in [-0.2, 0) is 4.74 Å². The maximum Gasteiger partial charge on any atom is 0.0704 e. The van der Waals surface area contributed by atoms with E-state index in [4.69, 9.17) is 4.74 Å². The molecule has 0 N–H and O–H groups in total. The Labute approximate surface area is 74.4 Å². The molecule has 1 fully saturated rings. The van der Waals surface area contributed by atoms with Crippen LogP contribution < -0.4 is 0 Å². The number of hydrogen-bond acceptors (Lipinski definition) is 3. The van der Waals surface area contributed by atoms with Gasteiger partial charge in [0.05, 0.1) is 12.6 Å². The summed E-state index contributed by atoms with van der Waals surface area (Å²) in [6, 6.07) is 0.505. The van der Waals surface area contributed by atoms with Crippen molar-refractivity contribution < 1.29 is 4.74 Å². The second-order valence-electron chi connectivity index (χ2n) is 3.46. The predicted octanol–water partition coefficient (Wildman–Crippen LogP) is 1.49. The van der Waals surface area contributed by atoms with Crippen molar-refractivity contribution in [2.24, 2.45) is 5.10 Å². The molecular formula is C9H18N2O. The fourth-order valence-corrected chi connectivity index (χ4v) is 1.57. The van der Waals surface area contributed by atoms with Gasteiger partial charge in [0.1, 0.15) is 0 Å². The van der Waals surface area contributed by atoms with E-state index in [1.54, 1.807) is 7.11 Å². The highest BCUT2D eigenvalue weighted by Crippen LogP contribution is 2.17. The number of hydrazone groups is 1. The van der Waals surface area contributed by atoms with Gasteiger partial charge in [0.15, 0.2) is 0 Å². The Kier molecular flexibility index (Phi) is 3.53. The van der Waals surface area contributed by atoms with Gasteiger partial charge in [-0.3, -0.25) is 5.01 Å². The molecular weight excluding hydrogens is 152 g/mol. The van der Waals surface area contributed by atoms with E-state index in [-0.39, 0.29) is 0 Å². The van der Waals surface area contributed by atoms with Crippen LogP contribution in [0, 0.1) is 0 Å². The summed E-state index contributed by atoms with van der Waals surface area (Å²) in [5, 5.41) is 6.60. The predicted molar refractivity (Wildman–Crippen MR) is 50.4 cm³/mol. The molecule has 1 aliphatic rings. The molecule has 70 valence electrons. The minimum absolute atomic E-state index is 0.505. The van der Waals surface area contributed by atoms with Crippen molar-refractivity contribution >= 4 is 5.71 Å². The van der Waals surface area contributed by atoms with Crippen LogP contribution in [0.2, 0.25) is 0 Å². The standard InChI is InChI=1S/C9H18N2O/c1-8(2)10-11-6-4-5-9(11)7-12-3/h9H,4-7H2,1-3H3/t9-/m1/s1. The van der Waals surface area contributed by atoms with Crippen LogP contribution in [0.1, 0.15) is 26.7 Å². The van der Waals surface area contributed by atoms with Gasteiger partial charge in [0.25, 0.3) is 0 Å². The lowest BCUT2D eigenvalue weighted by Crippen LogP contribution is -2.28. The third-order valence-corrected chi connectivity index (χ3v) is 2.03. The number of methoxy groups -OCH3 is 1. The van der Waals surface area contributed by atoms with Gasteiger partial charge in [-0.25, -0.2) is 0 Å². The molecule has 0 unspecified atom stereocenters. The molecule has 0 aromatic rings. The van der Waals surface area contributed by atoms with E-state index in [1.807, 2.05) is 13.8 Å². The molecule has 0 aromatic heterocycles. The van der Waals surface area contributed by atoms with Crippen molar-refractivity contribution in [3.05, 3.63) is 0 Å². The molecule has 1 rings (SSSR count). The Morgan fingerprint density at radius 2 is 2.33 bits per heavy atom. The maximum atomic E-state index is 5.13. The summed E-state index contributed by atoms with van der Waals surface area (Å²) in [4.78, 5) is 0. The molecule has 1 heterocycles. The van der Waals surface area contributed by atoms with E-state index >= 15 is 0 Å². The van der Waals surface area contributed by atoms with Crippen LogP contribution in [0.25, 0.3) is 0 Å². The molecule has 1 aliphatic heterocycles. The fraction of sp³-hybridized carbons (Fsp3) is 0.889. The topological polar surface area (TPSA) is 24.8 Å². The number of nitrogens with zero attached hydrogens (tertiary/aromatic N) is 2. The van der Waals surface area contributed by atoms with Gasteiger partial charge in [-0.2, -0.15) is 5.10 Å². The van der Waals surface area contributed by atoms with Gasteiger partial charge in [-0.15, -0.1) is 0 Å². The molecule has 1 atom stereocenters. The highest BCUT2D eigenvalue weighted by Gasteiger charge is 2.22. The Bertz CT molecular complexity index is 164. The highest BCUT2D eigenvalue weighted by molar-refractivity contribution is 5.78. The molecule has 12 heavy (non-hydrogen) atoms. The van der Waals surface area contributed by atoms with Crippen molar-refractivity contribution in [1.29, 1.82) is 0 Å². The molecule has 0 bridgehead atoms. The second kappa shape index (κ2) is 4.45. The van der Waals surface area contributed by atoms with Crippen molar-refractivity contribution in [1.82, 2.24) is 5.01 Å². The second-order valence-corrected chi connectivity index (χ2v) is 3.46. The molecule has 0 amide bonds. The van der Waals surface area contributed by atoms with E-state index in [9.17, 15) is 0 Å². The SMILES string of the molecule is COC[C@H]1CCCN1N=C(C)C. The highest BCUT2D eigenvalue weighted by atomic mass is 16.5. The molecule has 0 saturated carbocycles. The summed E-state index contributed by atoms with van der Waals surface area (Å²) < 4.78 is 5.13. The monoisotopic (exact) mass is 170 g/mol. The van der Waals surface area contributed by atoms with Gasteiger partial charge in [-0.05, 0) is 26.7 Å². The van der Waals surface area contributed by atoms with Crippen molar-refractivity contribution in [3.8, 4) is 0 Å². The molecule has 3 nitrogen and oxygen atoms in total. The first kappa shape index (κ1) is 9.52. The third-order valence-electron chi connectivity index (χ3n) is 2.03. The molecule has 1 saturated heterocycles. The minimum Gasteiger partial charge on any atom is -0.382 e. The van der Waals surface area contributed by atoms with Gasteiger partial charge < -0.3 is 4.74 Å². The van der Waals surface area contributed by atoms with E-state index in [2.05, 4.69) is 10.1 Å².